The smallest absolute Gasteiger partial charge is 0.131 e. The number of ether oxygens (including phenoxy) is 1. The lowest BCUT2D eigenvalue weighted by molar-refractivity contribution is 0.408. The van der Waals surface area contributed by atoms with E-state index in [1.54, 1.807) is 13.2 Å². The number of halogens is 1. The third-order valence-corrected chi connectivity index (χ3v) is 3.08. The van der Waals surface area contributed by atoms with Crippen LogP contribution in [0.4, 0.5) is 4.39 Å². The maximum atomic E-state index is 13.9. The number of methoxy groups -OCH3 is 1. The van der Waals surface area contributed by atoms with E-state index < -0.39 is 0 Å². The summed E-state index contributed by atoms with van der Waals surface area (Å²) in [5, 5.41) is 3.09. The van der Waals surface area contributed by atoms with Crippen LogP contribution in [0.5, 0.6) is 5.75 Å². The van der Waals surface area contributed by atoms with E-state index in [0.717, 1.165) is 22.4 Å². The van der Waals surface area contributed by atoms with Gasteiger partial charge in [0.25, 0.3) is 0 Å². The highest BCUT2D eigenvalue weighted by Crippen LogP contribution is 2.29. The van der Waals surface area contributed by atoms with E-state index in [2.05, 4.69) is 5.32 Å². The van der Waals surface area contributed by atoms with Crippen molar-refractivity contribution in [3.63, 3.8) is 0 Å². The van der Waals surface area contributed by atoms with Gasteiger partial charge in [-0.25, -0.2) is 4.39 Å². The van der Waals surface area contributed by atoms with Crippen molar-refractivity contribution in [3.05, 3.63) is 53.3 Å². The van der Waals surface area contributed by atoms with Gasteiger partial charge < -0.3 is 10.1 Å². The maximum absolute atomic E-state index is 13.9. The zero-order valence-electron chi connectivity index (χ0n) is 11.5. The number of aryl methyl sites for hydroxylation is 1. The van der Waals surface area contributed by atoms with Crippen molar-refractivity contribution >= 4 is 0 Å². The number of hydrogen-bond donors (Lipinski definition) is 1. The summed E-state index contributed by atoms with van der Waals surface area (Å²) in [7, 11) is 3.51. The molecule has 2 aromatic carbocycles. The lowest BCUT2D eigenvalue weighted by Crippen LogP contribution is -2.06. The minimum Gasteiger partial charge on any atom is -0.496 e. The Morgan fingerprint density at radius 3 is 2.63 bits per heavy atom. The molecule has 0 aromatic heterocycles. The van der Waals surface area contributed by atoms with Gasteiger partial charge >= 0.3 is 0 Å². The maximum Gasteiger partial charge on any atom is 0.131 e. The van der Waals surface area contributed by atoms with Crippen molar-refractivity contribution in [3.8, 4) is 16.9 Å². The van der Waals surface area contributed by atoms with E-state index in [4.69, 9.17) is 4.74 Å². The van der Waals surface area contributed by atoms with Gasteiger partial charge in [0.15, 0.2) is 0 Å². The normalized spacial score (nSPS) is 10.5. The molecule has 0 aliphatic heterocycles. The Balaban J connectivity index is 2.50. The fourth-order valence-corrected chi connectivity index (χ4v) is 2.14. The third kappa shape index (κ3) is 2.93. The Morgan fingerprint density at radius 2 is 1.95 bits per heavy atom. The molecule has 0 saturated carbocycles. The Kier molecular flexibility index (Phi) is 4.17. The van der Waals surface area contributed by atoms with Gasteiger partial charge in [-0.05, 0) is 43.8 Å². The van der Waals surface area contributed by atoms with E-state index in [1.807, 2.05) is 38.2 Å². The third-order valence-electron chi connectivity index (χ3n) is 3.08. The number of benzene rings is 2. The highest BCUT2D eigenvalue weighted by Gasteiger charge is 2.09. The first kappa shape index (κ1) is 13.6. The average molecular weight is 259 g/mol. The molecule has 100 valence electrons. The van der Waals surface area contributed by atoms with Crippen LogP contribution in [0.3, 0.4) is 0 Å². The molecule has 0 bridgehead atoms. The van der Waals surface area contributed by atoms with Gasteiger partial charge in [0.1, 0.15) is 11.6 Å². The summed E-state index contributed by atoms with van der Waals surface area (Å²) in [6, 6.07) is 10.9. The molecule has 0 heterocycles. The van der Waals surface area contributed by atoms with Crippen molar-refractivity contribution in [2.45, 2.75) is 13.5 Å². The standard InChI is InChI=1S/C16H18FNO/c1-11-4-6-15(17)14(8-11)12-5-7-16(19-3)13(9-12)10-18-2/h4-9,18H,10H2,1-3H3. The molecule has 0 amide bonds. The Hall–Kier alpha value is -1.87. The van der Waals surface area contributed by atoms with Crippen molar-refractivity contribution in [1.29, 1.82) is 0 Å². The highest BCUT2D eigenvalue weighted by molar-refractivity contribution is 5.67. The average Bonchev–Trinajstić information content (AvgIpc) is 2.42. The molecular formula is C16H18FNO. The van der Waals surface area contributed by atoms with Crippen molar-refractivity contribution in [2.24, 2.45) is 0 Å². The topological polar surface area (TPSA) is 21.3 Å². The van der Waals surface area contributed by atoms with Gasteiger partial charge in [-0.2, -0.15) is 0 Å². The van der Waals surface area contributed by atoms with Crippen LogP contribution in [0.15, 0.2) is 36.4 Å². The molecule has 2 rings (SSSR count). The van der Waals surface area contributed by atoms with E-state index in [-0.39, 0.29) is 5.82 Å². The second kappa shape index (κ2) is 5.85. The first-order chi connectivity index (χ1) is 9.15. The van der Waals surface area contributed by atoms with Crippen LogP contribution in [-0.4, -0.2) is 14.2 Å². The predicted molar refractivity (Wildman–Crippen MR) is 75.9 cm³/mol. The molecule has 2 nitrogen and oxygen atoms in total. The summed E-state index contributed by atoms with van der Waals surface area (Å²) in [6.07, 6.45) is 0. The number of rotatable bonds is 4. The monoisotopic (exact) mass is 259 g/mol. The van der Waals surface area contributed by atoms with Gasteiger partial charge in [0.2, 0.25) is 0 Å². The fraction of sp³-hybridized carbons (Fsp3) is 0.250. The number of nitrogens with one attached hydrogen (secondary N) is 1. The van der Waals surface area contributed by atoms with E-state index in [9.17, 15) is 4.39 Å². The summed E-state index contributed by atoms with van der Waals surface area (Å²) < 4.78 is 19.2. The quantitative estimate of drug-likeness (QED) is 0.907. The summed E-state index contributed by atoms with van der Waals surface area (Å²) in [6.45, 7) is 2.64. The van der Waals surface area contributed by atoms with Gasteiger partial charge in [-0.15, -0.1) is 0 Å². The molecule has 0 atom stereocenters. The predicted octanol–water partition coefficient (Wildman–Crippen LogP) is 3.53. The zero-order chi connectivity index (χ0) is 13.8. The molecule has 2 aromatic rings. The van der Waals surface area contributed by atoms with Crippen LogP contribution in [0.25, 0.3) is 11.1 Å². The van der Waals surface area contributed by atoms with Crippen LogP contribution in [0, 0.1) is 12.7 Å². The Labute approximate surface area is 113 Å². The van der Waals surface area contributed by atoms with Gasteiger partial charge in [-0.1, -0.05) is 17.7 Å². The summed E-state index contributed by atoms with van der Waals surface area (Å²) in [4.78, 5) is 0. The summed E-state index contributed by atoms with van der Waals surface area (Å²) in [5.41, 5.74) is 3.55. The van der Waals surface area contributed by atoms with Crippen molar-refractivity contribution in [1.82, 2.24) is 5.32 Å². The summed E-state index contributed by atoms with van der Waals surface area (Å²) in [5.74, 6) is 0.609. The van der Waals surface area contributed by atoms with Gasteiger partial charge in [0.05, 0.1) is 7.11 Å². The SMILES string of the molecule is CNCc1cc(-c2cc(C)ccc2F)ccc1OC. The lowest BCUT2D eigenvalue weighted by atomic mass is 10.00. The van der Waals surface area contributed by atoms with Crippen LogP contribution in [0.2, 0.25) is 0 Å². The number of hydrogen-bond acceptors (Lipinski definition) is 2. The van der Waals surface area contributed by atoms with E-state index in [1.165, 1.54) is 6.07 Å². The zero-order valence-corrected chi connectivity index (χ0v) is 11.5. The second-order valence-electron chi connectivity index (χ2n) is 4.54. The first-order valence-electron chi connectivity index (χ1n) is 6.23. The van der Waals surface area contributed by atoms with Crippen molar-refractivity contribution in [2.75, 3.05) is 14.2 Å². The largest absolute Gasteiger partial charge is 0.496 e. The lowest BCUT2D eigenvalue weighted by Gasteiger charge is -2.11. The molecule has 0 saturated heterocycles. The van der Waals surface area contributed by atoms with Crippen molar-refractivity contribution < 1.29 is 9.13 Å². The Morgan fingerprint density at radius 1 is 1.16 bits per heavy atom. The minimum atomic E-state index is -0.203. The highest BCUT2D eigenvalue weighted by atomic mass is 19.1. The molecule has 0 spiro atoms. The van der Waals surface area contributed by atoms with E-state index in [0.29, 0.717) is 12.1 Å². The molecule has 0 fully saturated rings. The minimum absolute atomic E-state index is 0.203. The Bertz CT molecular complexity index is 581. The molecule has 19 heavy (non-hydrogen) atoms. The van der Waals surface area contributed by atoms with Crippen LogP contribution in [-0.2, 0) is 6.54 Å². The van der Waals surface area contributed by atoms with Gasteiger partial charge in [0, 0.05) is 17.7 Å². The van der Waals surface area contributed by atoms with Crippen LogP contribution < -0.4 is 10.1 Å². The van der Waals surface area contributed by atoms with Crippen LogP contribution in [0.1, 0.15) is 11.1 Å². The molecule has 0 radical (unpaired) electrons. The molecule has 0 aliphatic carbocycles. The molecule has 1 N–H and O–H groups in total. The second-order valence-corrected chi connectivity index (χ2v) is 4.54. The van der Waals surface area contributed by atoms with Crippen LogP contribution >= 0.6 is 0 Å². The molecule has 0 aliphatic rings. The molecule has 0 unspecified atom stereocenters. The summed E-state index contributed by atoms with van der Waals surface area (Å²) >= 11 is 0. The molecule has 3 heteroatoms. The first-order valence-corrected chi connectivity index (χ1v) is 6.23. The molecular weight excluding hydrogens is 241 g/mol. The van der Waals surface area contributed by atoms with E-state index >= 15 is 0 Å². The fourth-order valence-electron chi connectivity index (χ4n) is 2.14. The van der Waals surface area contributed by atoms with Gasteiger partial charge in [-0.3, -0.25) is 0 Å².